The number of carbonyl (C=O) groups is 2. The molecule has 0 aromatic heterocycles. The SMILES string of the molecule is CCCCCC/C=C/C=C/CCCCCCCC(=O)O[C@H](COC(=O)CCCCC/C=C/CCCCCCCCCC)CO[C@@H]1O[C@H](CO[C@@H]2O[C@H](CO)[C@H](O)C(O)C2O)[C@H](O)C(O)C1O. The number of allylic oxidation sites excluding steroid dienone is 6. The number of carbonyl (C=O) groups excluding carboxylic acids is 2. The summed E-state index contributed by atoms with van der Waals surface area (Å²) < 4.78 is 33.5. The van der Waals surface area contributed by atoms with Crippen LogP contribution in [0.15, 0.2) is 36.5 Å². The van der Waals surface area contributed by atoms with Crippen LogP contribution in [-0.4, -0.2) is 142 Å². The summed E-state index contributed by atoms with van der Waals surface area (Å²) >= 11 is 0. The van der Waals surface area contributed by atoms with Gasteiger partial charge in [-0.1, -0.05) is 140 Å². The van der Waals surface area contributed by atoms with E-state index in [9.17, 15) is 45.3 Å². The van der Waals surface area contributed by atoms with E-state index in [1.807, 2.05) is 0 Å². The van der Waals surface area contributed by atoms with E-state index in [4.69, 9.17) is 28.4 Å². The highest BCUT2D eigenvalue weighted by atomic mass is 16.7. The van der Waals surface area contributed by atoms with Crippen LogP contribution in [0.2, 0.25) is 0 Å². The summed E-state index contributed by atoms with van der Waals surface area (Å²) in [6, 6.07) is 0. The van der Waals surface area contributed by atoms with Gasteiger partial charge in [0, 0.05) is 12.8 Å². The van der Waals surface area contributed by atoms with Crippen molar-refractivity contribution < 1.29 is 73.8 Å². The molecule has 2 aliphatic heterocycles. The predicted molar refractivity (Wildman–Crippen MR) is 252 cm³/mol. The zero-order chi connectivity index (χ0) is 48.2. The molecule has 2 fully saturated rings. The van der Waals surface area contributed by atoms with Crippen LogP contribution < -0.4 is 0 Å². The van der Waals surface area contributed by atoms with Gasteiger partial charge in [-0.15, -0.1) is 0 Å². The first-order valence-electron chi connectivity index (χ1n) is 25.6. The summed E-state index contributed by atoms with van der Waals surface area (Å²) in [5.74, 6) is -0.960. The molecule has 11 atom stereocenters. The molecule has 2 heterocycles. The Bertz CT molecular complexity index is 1290. The van der Waals surface area contributed by atoms with Gasteiger partial charge in [-0.05, 0) is 64.2 Å². The van der Waals surface area contributed by atoms with E-state index in [1.54, 1.807) is 0 Å². The molecule has 0 spiro atoms. The number of hydrogen-bond acceptors (Lipinski definition) is 15. The molecule has 0 radical (unpaired) electrons. The summed E-state index contributed by atoms with van der Waals surface area (Å²) in [7, 11) is 0. The highest BCUT2D eigenvalue weighted by Gasteiger charge is 2.47. The normalized spacial score (nSPS) is 26.4. The van der Waals surface area contributed by atoms with Crippen LogP contribution in [0.4, 0.5) is 0 Å². The van der Waals surface area contributed by atoms with Crippen molar-refractivity contribution in [2.75, 3.05) is 26.4 Å². The van der Waals surface area contributed by atoms with Crippen molar-refractivity contribution in [3.63, 3.8) is 0 Å². The van der Waals surface area contributed by atoms with E-state index in [1.165, 1.54) is 77.0 Å². The fraction of sp³-hybridized carbons (Fsp3) is 0.843. The van der Waals surface area contributed by atoms with Gasteiger partial charge in [0.15, 0.2) is 18.7 Å². The number of unbranched alkanes of at least 4 members (excludes halogenated alkanes) is 20. The molecular formula is C51H90O15. The van der Waals surface area contributed by atoms with E-state index in [0.717, 1.165) is 64.2 Å². The third-order valence-electron chi connectivity index (χ3n) is 12.1. The zero-order valence-corrected chi connectivity index (χ0v) is 40.4. The molecule has 0 aromatic carbocycles. The molecule has 7 N–H and O–H groups in total. The lowest BCUT2D eigenvalue weighted by atomic mass is 9.98. The molecule has 0 amide bonds. The molecule has 0 saturated carbocycles. The molecular weight excluding hydrogens is 853 g/mol. The molecule has 0 bridgehead atoms. The second-order valence-corrected chi connectivity index (χ2v) is 18.0. The van der Waals surface area contributed by atoms with Gasteiger partial charge in [-0.3, -0.25) is 9.59 Å². The molecule has 4 unspecified atom stereocenters. The Kier molecular flexibility index (Phi) is 35.0. The van der Waals surface area contributed by atoms with Crippen molar-refractivity contribution in [3.8, 4) is 0 Å². The number of esters is 2. The van der Waals surface area contributed by atoms with E-state index < -0.39 is 99.3 Å². The highest BCUT2D eigenvalue weighted by molar-refractivity contribution is 5.70. The topological polar surface area (TPSA) is 231 Å². The number of ether oxygens (including phenoxy) is 6. The van der Waals surface area contributed by atoms with Crippen LogP contribution in [0, 0.1) is 0 Å². The van der Waals surface area contributed by atoms with Gasteiger partial charge in [0.2, 0.25) is 0 Å². The van der Waals surface area contributed by atoms with Crippen LogP contribution in [0.25, 0.3) is 0 Å². The van der Waals surface area contributed by atoms with Crippen molar-refractivity contribution in [1.29, 1.82) is 0 Å². The maximum atomic E-state index is 13.0. The Morgan fingerprint density at radius 3 is 1.45 bits per heavy atom. The standard InChI is InChI=1S/C51H90O15/c1-3-5-7-9-11-13-15-17-19-21-23-25-27-29-31-33-42(53)61-36-39(64-43(54)34-32-30-28-26-24-22-20-18-16-14-12-10-8-6-4-2)37-62-50-49(60)47(58)45(56)41(66-50)38-63-51-48(59)46(57)44(55)40(35-52)65-51/h14,16,18,20-21,23,39-41,44-52,55-60H,3-13,15,17,19,22,24-38H2,1-2H3/b16-14+,20-18+,23-21+/t39-,40-,41-,44+,45+,46?,47?,48?,49?,50-,51-/m1/s1. The Morgan fingerprint density at radius 2 is 0.909 bits per heavy atom. The predicted octanol–water partition coefficient (Wildman–Crippen LogP) is 6.93. The summed E-state index contributed by atoms with van der Waals surface area (Å²) in [5.41, 5.74) is 0. The lowest BCUT2D eigenvalue weighted by Crippen LogP contribution is -2.61. The van der Waals surface area contributed by atoms with Crippen LogP contribution in [0.1, 0.15) is 181 Å². The first-order valence-corrected chi connectivity index (χ1v) is 25.6. The lowest BCUT2D eigenvalue weighted by molar-refractivity contribution is -0.332. The van der Waals surface area contributed by atoms with Gasteiger partial charge in [0.25, 0.3) is 0 Å². The van der Waals surface area contributed by atoms with Crippen LogP contribution in [-0.2, 0) is 38.0 Å². The Labute approximate surface area is 395 Å². The summed E-state index contributed by atoms with van der Waals surface area (Å²) in [6.45, 7) is 2.53. The number of aliphatic hydroxyl groups is 7. The second kappa shape index (κ2) is 38.6. The molecule has 0 aliphatic carbocycles. The maximum absolute atomic E-state index is 13.0. The highest BCUT2D eigenvalue weighted by Crippen LogP contribution is 2.26. The largest absolute Gasteiger partial charge is 0.462 e. The zero-order valence-electron chi connectivity index (χ0n) is 40.4. The van der Waals surface area contributed by atoms with Crippen molar-refractivity contribution in [2.45, 2.75) is 248 Å². The molecule has 384 valence electrons. The minimum absolute atomic E-state index is 0.145. The average Bonchev–Trinajstić information content (AvgIpc) is 3.31. The first-order chi connectivity index (χ1) is 32.0. The summed E-state index contributed by atoms with van der Waals surface area (Å²) in [4.78, 5) is 25.7. The lowest BCUT2D eigenvalue weighted by Gasteiger charge is -2.42. The second-order valence-electron chi connectivity index (χ2n) is 18.0. The van der Waals surface area contributed by atoms with Crippen LogP contribution in [0.5, 0.6) is 0 Å². The van der Waals surface area contributed by atoms with Crippen molar-refractivity contribution in [1.82, 2.24) is 0 Å². The van der Waals surface area contributed by atoms with Gasteiger partial charge in [-0.25, -0.2) is 0 Å². The molecule has 15 heteroatoms. The van der Waals surface area contributed by atoms with E-state index in [-0.39, 0.29) is 19.4 Å². The minimum atomic E-state index is -1.77. The molecule has 66 heavy (non-hydrogen) atoms. The van der Waals surface area contributed by atoms with Crippen LogP contribution >= 0.6 is 0 Å². The van der Waals surface area contributed by atoms with Gasteiger partial charge in [0.1, 0.15) is 55.4 Å². The Morgan fingerprint density at radius 1 is 0.485 bits per heavy atom. The third-order valence-corrected chi connectivity index (χ3v) is 12.1. The van der Waals surface area contributed by atoms with Gasteiger partial charge in [0.05, 0.1) is 19.8 Å². The smallest absolute Gasteiger partial charge is 0.306 e. The first kappa shape index (κ1) is 59.8. The maximum Gasteiger partial charge on any atom is 0.306 e. The van der Waals surface area contributed by atoms with E-state index in [2.05, 4.69) is 50.3 Å². The number of aliphatic hydroxyl groups excluding tert-OH is 7. The van der Waals surface area contributed by atoms with Gasteiger partial charge in [-0.2, -0.15) is 0 Å². The monoisotopic (exact) mass is 943 g/mol. The molecule has 2 rings (SSSR count). The Hall–Kier alpha value is -2.28. The van der Waals surface area contributed by atoms with E-state index >= 15 is 0 Å². The summed E-state index contributed by atoms with van der Waals surface area (Å²) in [6.07, 6.45) is 23.1. The quantitative estimate of drug-likeness (QED) is 0.0143. The van der Waals surface area contributed by atoms with Crippen molar-refractivity contribution >= 4 is 11.9 Å². The van der Waals surface area contributed by atoms with Crippen molar-refractivity contribution in [2.24, 2.45) is 0 Å². The van der Waals surface area contributed by atoms with Gasteiger partial charge < -0.3 is 64.2 Å². The number of hydrogen-bond donors (Lipinski definition) is 7. The molecule has 15 nitrogen and oxygen atoms in total. The third kappa shape index (κ3) is 26.5. The molecule has 2 saturated heterocycles. The summed E-state index contributed by atoms with van der Waals surface area (Å²) in [5, 5.41) is 72.0. The van der Waals surface area contributed by atoms with Crippen molar-refractivity contribution in [3.05, 3.63) is 36.5 Å². The van der Waals surface area contributed by atoms with Gasteiger partial charge >= 0.3 is 11.9 Å². The minimum Gasteiger partial charge on any atom is -0.462 e. The number of rotatable bonds is 39. The fourth-order valence-corrected chi connectivity index (χ4v) is 7.85. The van der Waals surface area contributed by atoms with Crippen LogP contribution in [0.3, 0.4) is 0 Å². The molecule has 2 aliphatic rings. The Balaban J connectivity index is 1.83. The molecule has 0 aromatic rings. The fourth-order valence-electron chi connectivity index (χ4n) is 7.85. The van der Waals surface area contributed by atoms with E-state index in [0.29, 0.717) is 12.8 Å². The average molecular weight is 943 g/mol.